The van der Waals surface area contributed by atoms with E-state index in [0.717, 1.165) is 0 Å². The number of hydrogen-bond acceptors (Lipinski definition) is 5. The number of ether oxygens (including phenoxy) is 1. The number of aliphatic hydroxyl groups excluding tert-OH is 1. The largest absolute Gasteiger partial charge is 0.467 e. The van der Waals surface area contributed by atoms with Crippen LogP contribution in [0.5, 0.6) is 0 Å². The number of nitrogens with one attached hydrogen (secondary N) is 1. The normalized spacial score (nSPS) is 22.9. The minimum Gasteiger partial charge on any atom is -0.467 e. The van der Waals surface area contributed by atoms with E-state index in [1.54, 1.807) is 0 Å². The maximum atomic E-state index is 11.2. The van der Waals surface area contributed by atoms with E-state index in [-0.39, 0.29) is 24.2 Å². The molecule has 4 N–H and O–H groups in total. The van der Waals surface area contributed by atoms with Gasteiger partial charge in [-0.1, -0.05) is 0 Å². The maximum Gasteiger partial charge on any atom is 0.336 e. The number of methoxy groups -OCH3 is 1. The van der Waals surface area contributed by atoms with E-state index in [1.165, 1.54) is 7.11 Å². The zero-order valence-electron chi connectivity index (χ0n) is 9.01. The van der Waals surface area contributed by atoms with E-state index in [0.29, 0.717) is 19.4 Å². The van der Waals surface area contributed by atoms with Crippen molar-refractivity contribution in [1.82, 2.24) is 5.32 Å². The standard InChI is InChI=1S/C9H16N2O4.ClH/c1-15-9(14)7(12)6(10)4-5-2-3-11-8(5)13;/h5-7,12H,2-4,10H2,1H3,(H,11,13);1H/t5-,6-,7?;/m0./s1. The van der Waals surface area contributed by atoms with Crippen LogP contribution in [0, 0.1) is 5.92 Å². The number of carbonyl (C=O) groups excluding carboxylic acids is 2. The Hall–Kier alpha value is -0.850. The Kier molecular flexibility index (Phi) is 6.32. The van der Waals surface area contributed by atoms with Gasteiger partial charge in [0.05, 0.1) is 7.11 Å². The van der Waals surface area contributed by atoms with Crippen LogP contribution in [0.15, 0.2) is 0 Å². The Labute approximate surface area is 99.9 Å². The average Bonchev–Trinajstić information content (AvgIpc) is 2.62. The molecule has 0 saturated carbocycles. The highest BCUT2D eigenvalue weighted by atomic mass is 35.5. The predicted molar refractivity (Wildman–Crippen MR) is 59.0 cm³/mol. The second kappa shape index (κ2) is 6.67. The molecule has 1 unspecified atom stereocenters. The van der Waals surface area contributed by atoms with Crippen molar-refractivity contribution in [3.05, 3.63) is 0 Å². The lowest BCUT2D eigenvalue weighted by Gasteiger charge is -2.18. The minimum absolute atomic E-state index is 0. The Morgan fingerprint density at radius 2 is 2.38 bits per heavy atom. The molecular weight excluding hydrogens is 236 g/mol. The zero-order chi connectivity index (χ0) is 11.4. The van der Waals surface area contributed by atoms with Crippen molar-refractivity contribution in [1.29, 1.82) is 0 Å². The van der Waals surface area contributed by atoms with Crippen LogP contribution >= 0.6 is 12.4 Å². The van der Waals surface area contributed by atoms with Crippen LogP contribution in [0.1, 0.15) is 12.8 Å². The van der Waals surface area contributed by atoms with Gasteiger partial charge in [0.15, 0.2) is 6.10 Å². The van der Waals surface area contributed by atoms with Crippen molar-refractivity contribution < 1.29 is 19.4 Å². The number of aliphatic hydroxyl groups is 1. The van der Waals surface area contributed by atoms with Gasteiger partial charge in [-0.25, -0.2) is 4.79 Å². The van der Waals surface area contributed by atoms with Gasteiger partial charge in [0.25, 0.3) is 0 Å². The lowest BCUT2D eigenvalue weighted by molar-refractivity contribution is -0.151. The molecule has 16 heavy (non-hydrogen) atoms. The fourth-order valence-electron chi connectivity index (χ4n) is 1.62. The van der Waals surface area contributed by atoms with Gasteiger partial charge in [-0.15, -0.1) is 12.4 Å². The quantitative estimate of drug-likeness (QED) is 0.546. The van der Waals surface area contributed by atoms with Crippen LogP contribution in [0.4, 0.5) is 0 Å². The molecular formula is C9H17ClN2O4. The number of hydrogen-bond donors (Lipinski definition) is 3. The summed E-state index contributed by atoms with van der Waals surface area (Å²) in [6.07, 6.45) is -0.369. The molecule has 1 rings (SSSR count). The van der Waals surface area contributed by atoms with Crippen molar-refractivity contribution in [2.45, 2.75) is 25.0 Å². The summed E-state index contributed by atoms with van der Waals surface area (Å²) in [7, 11) is 1.18. The molecule has 1 aliphatic heterocycles. The van der Waals surface area contributed by atoms with Crippen LogP contribution in [0.2, 0.25) is 0 Å². The summed E-state index contributed by atoms with van der Waals surface area (Å²) in [5, 5.41) is 12.1. The van der Waals surface area contributed by atoms with Gasteiger partial charge < -0.3 is 20.9 Å². The van der Waals surface area contributed by atoms with Crippen molar-refractivity contribution in [2.75, 3.05) is 13.7 Å². The molecule has 0 radical (unpaired) electrons. The third-order valence-corrected chi connectivity index (χ3v) is 2.57. The van der Waals surface area contributed by atoms with E-state index in [9.17, 15) is 14.7 Å². The first kappa shape index (κ1) is 15.2. The molecule has 1 fully saturated rings. The average molecular weight is 253 g/mol. The second-order valence-electron chi connectivity index (χ2n) is 3.64. The molecule has 1 aliphatic rings. The predicted octanol–water partition coefficient (Wildman–Crippen LogP) is -1.20. The molecule has 0 aromatic carbocycles. The van der Waals surface area contributed by atoms with Gasteiger partial charge in [-0.2, -0.15) is 0 Å². The first-order valence-corrected chi connectivity index (χ1v) is 4.85. The van der Waals surface area contributed by atoms with Crippen molar-refractivity contribution in [2.24, 2.45) is 11.7 Å². The summed E-state index contributed by atoms with van der Waals surface area (Å²) in [6, 6.07) is -0.758. The molecule has 0 bridgehead atoms. The lowest BCUT2D eigenvalue weighted by atomic mass is 9.96. The van der Waals surface area contributed by atoms with Crippen LogP contribution in [-0.2, 0) is 14.3 Å². The Balaban J connectivity index is 0.00000225. The van der Waals surface area contributed by atoms with Crippen LogP contribution in [0.25, 0.3) is 0 Å². The molecule has 3 atom stereocenters. The van der Waals surface area contributed by atoms with E-state index >= 15 is 0 Å². The number of halogens is 1. The molecule has 6 nitrogen and oxygen atoms in total. The van der Waals surface area contributed by atoms with Gasteiger partial charge in [0.1, 0.15) is 0 Å². The number of nitrogens with two attached hydrogens (primary N) is 1. The Morgan fingerprint density at radius 3 is 2.81 bits per heavy atom. The van der Waals surface area contributed by atoms with E-state index in [4.69, 9.17) is 5.73 Å². The SMILES string of the molecule is COC(=O)C(O)[C@@H](N)C[C@@H]1CCNC1=O.Cl. The monoisotopic (exact) mass is 252 g/mol. The molecule has 0 aromatic rings. The third kappa shape index (κ3) is 3.62. The number of esters is 1. The highest BCUT2D eigenvalue weighted by Gasteiger charge is 2.31. The molecule has 0 aliphatic carbocycles. The summed E-state index contributed by atoms with van der Waals surface area (Å²) < 4.78 is 4.35. The molecule has 1 amide bonds. The van der Waals surface area contributed by atoms with Crippen molar-refractivity contribution in [3.63, 3.8) is 0 Å². The summed E-state index contributed by atoms with van der Waals surface area (Å²) in [4.78, 5) is 22.2. The van der Waals surface area contributed by atoms with Gasteiger partial charge in [-0.05, 0) is 12.8 Å². The molecule has 1 heterocycles. The lowest BCUT2D eigenvalue weighted by Crippen LogP contribution is -2.43. The topological polar surface area (TPSA) is 102 Å². The Bertz CT molecular complexity index is 262. The fourth-order valence-corrected chi connectivity index (χ4v) is 1.62. The van der Waals surface area contributed by atoms with Crippen LogP contribution in [0.3, 0.4) is 0 Å². The second-order valence-corrected chi connectivity index (χ2v) is 3.64. The molecule has 1 saturated heterocycles. The first-order valence-electron chi connectivity index (χ1n) is 4.85. The number of amides is 1. The van der Waals surface area contributed by atoms with Crippen molar-refractivity contribution in [3.8, 4) is 0 Å². The summed E-state index contributed by atoms with van der Waals surface area (Å²) in [5.74, 6) is -1.04. The Morgan fingerprint density at radius 1 is 1.75 bits per heavy atom. The van der Waals surface area contributed by atoms with E-state index in [1.807, 2.05) is 0 Å². The fraction of sp³-hybridized carbons (Fsp3) is 0.778. The van der Waals surface area contributed by atoms with Gasteiger partial charge in [0, 0.05) is 18.5 Å². The third-order valence-electron chi connectivity index (χ3n) is 2.57. The molecule has 7 heteroatoms. The van der Waals surface area contributed by atoms with E-state index in [2.05, 4.69) is 10.1 Å². The first-order chi connectivity index (χ1) is 7.06. The maximum absolute atomic E-state index is 11.2. The molecule has 0 aromatic heterocycles. The summed E-state index contributed by atoms with van der Waals surface area (Å²) in [5.41, 5.74) is 5.60. The highest BCUT2D eigenvalue weighted by molar-refractivity contribution is 5.85. The van der Waals surface area contributed by atoms with Gasteiger partial charge in [-0.3, -0.25) is 4.79 Å². The molecule has 0 spiro atoms. The van der Waals surface area contributed by atoms with Crippen LogP contribution < -0.4 is 11.1 Å². The van der Waals surface area contributed by atoms with Crippen LogP contribution in [-0.4, -0.2) is 42.8 Å². The zero-order valence-corrected chi connectivity index (χ0v) is 9.83. The number of carbonyl (C=O) groups is 2. The minimum atomic E-state index is -1.36. The smallest absolute Gasteiger partial charge is 0.336 e. The van der Waals surface area contributed by atoms with Crippen molar-refractivity contribution >= 4 is 24.3 Å². The van der Waals surface area contributed by atoms with Gasteiger partial charge >= 0.3 is 5.97 Å². The van der Waals surface area contributed by atoms with E-state index < -0.39 is 18.1 Å². The summed E-state index contributed by atoms with van der Waals surface area (Å²) in [6.45, 7) is 0.630. The number of rotatable bonds is 4. The molecule has 94 valence electrons. The summed E-state index contributed by atoms with van der Waals surface area (Å²) >= 11 is 0. The van der Waals surface area contributed by atoms with Gasteiger partial charge in [0.2, 0.25) is 5.91 Å². The highest BCUT2D eigenvalue weighted by Crippen LogP contribution is 2.16.